The van der Waals surface area contributed by atoms with E-state index in [1.807, 2.05) is 26.2 Å². The number of piperazine rings is 1. The van der Waals surface area contributed by atoms with Gasteiger partial charge in [0.1, 0.15) is 5.78 Å². The highest BCUT2D eigenvalue weighted by molar-refractivity contribution is 5.82. The molecule has 30 heavy (non-hydrogen) atoms. The van der Waals surface area contributed by atoms with Gasteiger partial charge in [0.2, 0.25) is 5.95 Å². The van der Waals surface area contributed by atoms with Crippen molar-refractivity contribution in [1.29, 1.82) is 0 Å². The smallest absolute Gasteiger partial charge is 0.225 e. The van der Waals surface area contributed by atoms with Crippen LogP contribution in [0.1, 0.15) is 70.8 Å². The average molecular weight is 416 g/mol. The van der Waals surface area contributed by atoms with E-state index in [2.05, 4.69) is 21.6 Å². The van der Waals surface area contributed by atoms with Crippen LogP contribution in [0.2, 0.25) is 0 Å². The van der Waals surface area contributed by atoms with Crippen LogP contribution < -0.4 is 4.90 Å². The molecule has 0 unspecified atom stereocenters. The highest BCUT2D eigenvalue weighted by Crippen LogP contribution is 2.27. The average Bonchev–Trinajstić information content (AvgIpc) is 2.78. The van der Waals surface area contributed by atoms with Gasteiger partial charge in [0.25, 0.3) is 0 Å². The number of hydrogen-bond acceptors (Lipinski definition) is 6. The van der Waals surface area contributed by atoms with Gasteiger partial charge < -0.3 is 4.90 Å². The van der Waals surface area contributed by atoms with Crippen molar-refractivity contribution in [2.75, 3.05) is 57.3 Å². The first-order valence-electron chi connectivity index (χ1n) is 12.1. The fourth-order valence-electron chi connectivity index (χ4n) is 4.47. The van der Waals surface area contributed by atoms with Crippen molar-refractivity contribution in [2.24, 2.45) is 5.92 Å². The summed E-state index contributed by atoms with van der Waals surface area (Å²) in [6.07, 6.45) is 11.6. The molecule has 3 rings (SSSR count). The van der Waals surface area contributed by atoms with Crippen LogP contribution in [0.3, 0.4) is 0 Å². The summed E-state index contributed by atoms with van der Waals surface area (Å²) in [6, 6.07) is 0. The molecule has 3 heterocycles. The van der Waals surface area contributed by atoms with Crippen molar-refractivity contribution in [3.05, 3.63) is 18.0 Å². The predicted octanol–water partition coefficient (Wildman–Crippen LogP) is 3.58. The summed E-state index contributed by atoms with van der Waals surface area (Å²) in [7, 11) is 0. The zero-order valence-electron chi connectivity index (χ0n) is 19.4. The maximum Gasteiger partial charge on any atom is 0.225 e. The highest BCUT2D eigenvalue weighted by Gasteiger charge is 2.24. The molecule has 2 aliphatic heterocycles. The Hall–Kier alpha value is -1.53. The fraction of sp³-hybridized carbons (Fsp3) is 0.792. The third kappa shape index (κ3) is 6.74. The lowest BCUT2D eigenvalue weighted by Gasteiger charge is -2.35. The second kappa shape index (κ2) is 11.8. The van der Waals surface area contributed by atoms with Gasteiger partial charge in [-0.25, -0.2) is 9.97 Å². The molecule has 6 nitrogen and oxygen atoms in total. The van der Waals surface area contributed by atoms with Crippen LogP contribution in [-0.2, 0) is 4.79 Å². The van der Waals surface area contributed by atoms with Crippen LogP contribution >= 0.6 is 0 Å². The van der Waals surface area contributed by atoms with Crippen LogP contribution in [0.4, 0.5) is 5.95 Å². The summed E-state index contributed by atoms with van der Waals surface area (Å²) < 4.78 is 0. The number of unbranched alkanes of at least 4 members (excludes halogenated alkanes) is 3. The molecule has 6 heteroatoms. The van der Waals surface area contributed by atoms with E-state index in [1.54, 1.807) is 0 Å². The number of nitrogens with zero attached hydrogens (tertiary/aromatic N) is 5. The normalized spacial score (nSPS) is 19.5. The summed E-state index contributed by atoms with van der Waals surface area (Å²) in [5.74, 6) is 1.88. The van der Waals surface area contributed by atoms with Gasteiger partial charge in [0.05, 0.1) is 6.54 Å². The maximum absolute atomic E-state index is 12.0. The molecule has 0 amide bonds. The Bertz CT molecular complexity index is 632. The molecule has 2 fully saturated rings. The quantitative estimate of drug-likeness (QED) is 0.545. The van der Waals surface area contributed by atoms with Crippen molar-refractivity contribution in [2.45, 2.75) is 65.2 Å². The molecule has 168 valence electrons. The Morgan fingerprint density at radius 1 is 0.967 bits per heavy atom. The first kappa shape index (κ1) is 23.1. The zero-order valence-corrected chi connectivity index (χ0v) is 19.4. The Balaban J connectivity index is 1.41. The molecule has 0 aliphatic carbocycles. The second-order valence-electron chi connectivity index (χ2n) is 9.38. The van der Waals surface area contributed by atoms with Crippen LogP contribution in [0.15, 0.2) is 12.4 Å². The van der Waals surface area contributed by atoms with Crippen molar-refractivity contribution in [3.8, 4) is 0 Å². The van der Waals surface area contributed by atoms with Crippen LogP contribution in [-0.4, -0.2) is 77.9 Å². The highest BCUT2D eigenvalue weighted by atomic mass is 16.1. The van der Waals surface area contributed by atoms with Crippen LogP contribution in [0.5, 0.6) is 0 Å². The van der Waals surface area contributed by atoms with Gasteiger partial charge in [0, 0.05) is 44.5 Å². The lowest BCUT2D eigenvalue weighted by atomic mass is 9.91. The molecular formula is C24H41N5O. The number of Topliss-reactive ketones (excluding diaryl/α,β-unsaturated/α-hetero) is 1. The molecule has 1 aromatic heterocycles. The molecule has 0 atom stereocenters. The summed E-state index contributed by atoms with van der Waals surface area (Å²) >= 11 is 0. The number of anilines is 1. The molecule has 2 aliphatic rings. The minimum absolute atomic E-state index is 0.131. The minimum atomic E-state index is 0.131. The predicted molar refractivity (Wildman–Crippen MR) is 123 cm³/mol. The largest absolute Gasteiger partial charge is 0.338 e. The molecule has 0 aromatic carbocycles. The van der Waals surface area contributed by atoms with E-state index in [-0.39, 0.29) is 5.92 Å². The summed E-state index contributed by atoms with van der Waals surface area (Å²) in [6.45, 7) is 14.3. The van der Waals surface area contributed by atoms with Gasteiger partial charge in [-0.2, -0.15) is 0 Å². The molecular weight excluding hydrogens is 374 g/mol. The number of likely N-dealkylation sites (tertiary alicyclic amines) is 1. The molecule has 0 radical (unpaired) electrons. The number of ketones is 1. The Morgan fingerprint density at radius 2 is 1.63 bits per heavy atom. The van der Waals surface area contributed by atoms with E-state index in [0.29, 0.717) is 18.2 Å². The summed E-state index contributed by atoms with van der Waals surface area (Å²) in [4.78, 5) is 28.6. The fourth-order valence-corrected chi connectivity index (χ4v) is 4.47. The number of rotatable bonds is 10. The zero-order chi connectivity index (χ0) is 21.3. The van der Waals surface area contributed by atoms with E-state index >= 15 is 0 Å². The van der Waals surface area contributed by atoms with E-state index in [9.17, 15) is 4.79 Å². The first-order valence-corrected chi connectivity index (χ1v) is 12.1. The van der Waals surface area contributed by atoms with Crippen molar-refractivity contribution >= 4 is 11.7 Å². The van der Waals surface area contributed by atoms with Gasteiger partial charge in [-0.3, -0.25) is 14.6 Å². The monoisotopic (exact) mass is 415 g/mol. The van der Waals surface area contributed by atoms with Crippen LogP contribution in [0.25, 0.3) is 0 Å². The maximum atomic E-state index is 12.0. The standard InChI is InChI=1S/C24H41N5O/c1-4-5-6-7-10-27-13-15-29(16-14-27)24-25-17-22(18-26-24)21-8-11-28(12-9-21)19-23(30)20(2)3/h17-18,20-21H,4-16,19H2,1-3H3. The Kier molecular flexibility index (Phi) is 9.06. The van der Waals surface area contributed by atoms with Crippen LogP contribution in [0, 0.1) is 5.92 Å². The van der Waals surface area contributed by atoms with Gasteiger partial charge in [0.15, 0.2) is 0 Å². The summed E-state index contributed by atoms with van der Waals surface area (Å²) in [5.41, 5.74) is 1.25. The van der Waals surface area contributed by atoms with Crippen molar-refractivity contribution in [3.63, 3.8) is 0 Å². The van der Waals surface area contributed by atoms with Crippen molar-refractivity contribution < 1.29 is 4.79 Å². The summed E-state index contributed by atoms with van der Waals surface area (Å²) in [5, 5.41) is 0. The Morgan fingerprint density at radius 3 is 2.23 bits per heavy atom. The number of piperidine rings is 1. The van der Waals surface area contributed by atoms with Gasteiger partial charge in [-0.05, 0) is 50.4 Å². The molecule has 0 spiro atoms. The third-order valence-corrected chi connectivity index (χ3v) is 6.72. The van der Waals surface area contributed by atoms with Gasteiger partial charge >= 0.3 is 0 Å². The SMILES string of the molecule is CCCCCCN1CCN(c2ncc(C3CCN(CC(=O)C(C)C)CC3)cn2)CC1. The first-order chi connectivity index (χ1) is 14.6. The van der Waals surface area contributed by atoms with E-state index in [1.165, 1.54) is 37.8 Å². The second-order valence-corrected chi connectivity index (χ2v) is 9.38. The van der Waals surface area contributed by atoms with E-state index in [4.69, 9.17) is 9.97 Å². The number of hydrogen-bond donors (Lipinski definition) is 0. The third-order valence-electron chi connectivity index (χ3n) is 6.72. The van der Waals surface area contributed by atoms with E-state index in [0.717, 1.165) is 58.1 Å². The van der Waals surface area contributed by atoms with E-state index < -0.39 is 0 Å². The number of carbonyl (C=O) groups excluding carboxylic acids is 1. The molecule has 2 saturated heterocycles. The molecule has 0 bridgehead atoms. The lowest BCUT2D eigenvalue weighted by molar-refractivity contribution is -0.123. The number of carbonyl (C=O) groups is 1. The minimum Gasteiger partial charge on any atom is -0.338 e. The van der Waals surface area contributed by atoms with Gasteiger partial charge in [-0.15, -0.1) is 0 Å². The Labute approximate surface area is 183 Å². The molecule has 0 saturated carbocycles. The topological polar surface area (TPSA) is 52.6 Å². The van der Waals surface area contributed by atoms with Gasteiger partial charge in [-0.1, -0.05) is 40.0 Å². The molecule has 0 N–H and O–H groups in total. The lowest BCUT2D eigenvalue weighted by Crippen LogP contribution is -2.47. The molecule has 1 aromatic rings. The van der Waals surface area contributed by atoms with Crippen molar-refractivity contribution in [1.82, 2.24) is 19.8 Å². The number of aromatic nitrogens is 2.